The quantitative estimate of drug-likeness (QED) is 0.836. The molecule has 114 valence electrons. The van der Waals surface area contributed by atoms with Crippen LogP contribution in [0.2, 0.25) is 0 Å². The van der Waals surface area contributed by atoms with E-state index >= 15 is 0 Å². The van der Waals surface area contributed by atoms with Gasteiger partial charge in [-0.3, -0.25) is 4.68 Å². The Balaban J connectivity index is 1.84. The van der Waals surface area contributed by atoms with Crippen LogP contribution < -0.4 is 5.32 Å². The highest BCUT2D eigenvalue weighted by Gasteiger charge is 2.17. The number of aryl methyl sites for hydroxylation is 2. The fourth-order valence-corrected chi connectivity index (χ4v) is 4.47. The van der Waals surface area contributed by atoms with Crippen molar-refractivity contribution in [2.24, 2.45) is 0 Å². The zero-order valence-electron chi connectivity index (χ0n) is 13.2. The van der Waals surface area contributed by atoms with Crippen LogP contribution in [0.15, 0.2) is 6.07 Å². The van der Waals surface area contributed by atoms with Crippen LogP contribution in [0.25, 0.3) is 0 Å². The van der Waals surface area contributed by atoms with Crippen molar-refractivity contribution < 1.29 is 0 Å². The molecule has 0 aliphatic heterocycles. The minimum Gasteiger partial charge on any atom is -0.316 e. The second-order valence-electron chi connectivity index (χ2n) is 5.88. The molecule has 0 saturated heterocycles. The predicted molar refractivity (Wildman–Crippen MR) is 88.5 cm³/mol. The number of likely N-dealkylation sites (N-methyl/N-ethyl adjacent to an activating group) is 1. The summed E-state index contributed by atoms with van der Waals surface area (Å²) in [4.78, 5) is 0. The minimum absolute atomic E-state index is 0.559. The Bertz CT molecular complexity index is 396. The summed E-state index contributed by atoms with van der Waals surface area (Å²) in [6, 6.07) is 2.79. The molecule has 2 rings (SSSR count). The van der Waals surface area contributed by atoms with Crippen molar-refractivity contribution in [1.82, 2.24) is 15.1 Å². The lowest BCUT2D eigenvalue weighted by Crippen LogP contribution is -2.32. The molecule has 1 saturated carbocycles. The van der Waals surface area contributed by atoms with Crippen molar-refractivity contribution in [3.63, 3.8) is 0 Å². The van der Waals surface area contributed by atoms with Crippen LogP contribution in [-0.4, -0.2) is 33.9 Å². The molecule has 4 heteroatoms. The fourth-order valence-electron chi connectivity index (χ4n) is 3.02. The molecule has 0 aromatic carbocycles. The number of nitrogens with zero attached hydrogens (tertiary/aromatic N) is 2. The van der Waals surface area contributed by atoms with Crippen LogP contribution in [0.1, 0.15) is 50.4 Å². The molecule has 1 aliphatic rings. The first-order chi connectivity index (χ1) is 9.72. The third-order valence-corrected chi connectivity index (χ3v) is 5.77. The maximum atomic E-state index is 4.55. The maximum absolute atomic E-state index is 4.55. The van der Waals surface area contributed by atoms with Crippen LogP contribution in [0.3, 0.4) is 0 Å². The minimum atomic E-state index is 0.559. The van der Waals surface area contributed by atoms with Gasteiger partial charge in [-0.2, -0.15) is 16.9 Å². The van der Waals surface area contributed by atoms with E-state index in [9.17, 15) is 0 Å². The first-order valence-corrected chi connectivity index (χ1v) is 9.10. The van der Waals surface area contributed by atoms with Crippen molar-refractivity contribution in [1.29, 1.82) is 0 Å². The lowest BCUT2D eigenvalue weighted by molar-refractivity contribution is 0.513. The van der Waals surface area contributed by atoms with E-state index in [1.54, 1.807) is 0 Å². The fraction of sp³-hybridized carbons (Fsp3) is 0.812. The Morgan fingerprint density at radius 1 is 1.40 bits per heavy atom. The number of hydrogen-bond acceptors (Lipinski definition) is 3. The van der Waals surface area contributed by atoms with E-state index in [1.807, 2.05) is 0 Å². The van der Waals surface area contributed by atoms with Crippen molar-refractivity contribution in [3.05, 3.63) is 17.5 Å². The molecule has 1 unspecified atom stereocenters. The predicted octanol–water partition coefficient (Wildman–Crippen LogP) is 3.41. The SMILES string of the molecule is CCn1nc(C)cc1CC(CSC1CCCCC1)NC. The van der Waals surface area contributed by atoms with Crippen molar-refractivity contribution in [3.8, 4) is 0 Å². The highest BCUT2D eigenvalue weighted by molar-refractivity contribution is 7.99. The Labute approximate surface area is 127 Å². The highest BCUT2D eigenvalue weighted by Crippen LogP contribution is 2.28. The number of aromatic nitrogens is 2. The Morgan fingerprint density at radius 2 is 2.15 bits per heavy atom. The molecule has 0 amide bonds. The summed E-state index contributed by atoms with van der Waals surface area (Å²) in [5.41, 5.74) is 2.50. The topological polar surface area (TPSA) is 29.9 Å². The Kier molecular flexibility index (Phi) is 6.43. The van der Waals surface area contributed by atoms with Crippen LogP contribution >= 0.6 is 11.8 Å². The van der Waals surface area contributed by atoms with Gasteiger partial charge in [0, 0.05) is 35.7 Å². The largest absolute Gasteiger partial charge is 0.316 e. The summed E-state index contributed by atoms with van der Waals surface area (Å²) in [7, 11) is 2.09. The molecule has 1 fully saturated rings. The third-order valence-electron chi connectivity index (χ3n) is 4.23. The van der Waals surface area contributed by atoms with E-state index in [-0.39, 0.29) is 0 Å². The average molecular weight is 295 g/mol. The van der Waals surface area contributed by atoms with Gasteiger partial charge in [0.2, 0.25) is 0 Å². The van der Waals surface area contributed by atoms with Gasteiger partial charge in [-0.25, -0.2) is 0 Å². The summed E-state index contributed by atoms with van der Waals surface area (Å²) in [5.74, 6) is 1.22. The summed E-state index contributed by atoms with van der Waals surface area (Å²) in [6.45, 7) is 5.22. The molecule has 1 aromatic rings. The zero-order chi connectivity index (χ0) is 14.4. The molecule has 0 spiro atoms. The average Bonchev–Trinajstić information content (AvgIpc) is 2.84. The Hall–Kier alpha value is -0.480. The van der Waals surface area contributed by atoms with E-state index in [0.717, 1.165) is 23.9 Å². The number of hydrogen-bond donors (Lipinski definition) is 1. The van der Waals surface area contributed by atoms with Gasteiger partial charge in [-0.1, -0.05) is 19.3 Å². The number of thioether (sulfide) groups is 1. The van der Waals surface area contributed by atoms with E-state index < -0.39 is 0 Å². The standard InChI is InChI=1S/C16H29N3S/c1-4-19-15(10-13(2)18-19)11-14(17-3)12-20-16-8-6-5-7-9-16/h10,14,16-17H,4-9,11-12H2,1-3H3. The lowest BCUT2D eigenvalue weighted by atomic mass is 10.0. The van der Waals surface area contributed by atoms with Crippen molar-refractivity contribution in [2.75, 3.05) is 12.8 Å². The van der Waals surface area contributed by atoms with Gasteiger partial charge in [0.05, 0.1) is 5.69 Å². The summed E-state index contributed by atoms with van der Waals surface area (Å²) >= 11 is 2.18. The van der Waals surface area contributed by atoms with Gasteiger partial charge in [0.25, 0.3) is 0 Å². The zero-order valence-corrected chi connectivity index (χ0v) is 14.0. The molecule has 1 heterocycles. The Morgan fingerprint density at radius 3 is 2.80 bits per heavy atom. The van der Waals surface area contributed by atoms with Gasteiger partial charge in [-0.15, -0.1) is 0 Å². The first kappa shape index (κ1) is 15.9. The van der Waals surface area contributed by atoms with E-state index in [0.29, 0.717) is 6.04 Å². The van der Waals surface area contributed by atoms with Crippen LogP contribution in [-0.2, 0) is 13.0 Å². The second kappa shape index (κ2) is 8.08. The van der Waals surface area contributed by atoms with E-state index in [4.69, 9.17) is 0 Å². The second-order valence-corrected chi connectivity index (χ2v) is 7.21. The molecular formula is C16H29N3S. The normalized spacial score (nSPS) is 18.4. The lowest BCUT2D eigenvalue weighted by Gasteiger charge is -2.24. The van der Waals surface area contributed by atoms with Gasteiger partial charge < -0.3 is 5.32 Å². The van der Waals surface area contributed by atoms with Gasteiger partial charge in [0.1, 0.15) is 0 Å². The summed E-state index contributed by atoms with van der Waals surface area (Å²) in [6.07, 6.45) is 8.25. The summed E-state index contributed by atoms with van der Waals surface area (Å²) < 4.78 is 2.14. The molecule has 0 bridgehead atoms. The maximum Gasteiger partial charge on any atom is 0.0596 e. The first-order valence-electron chi connectivity index (χ1n) is 8.05. The number of rotatable bonds is 7. The van der Waals surface area contributed by atoms with Crippen LogP contribution in [0, 0.1) is 6.92 Å². The summed E-state index contributed by atoms with van der Waals surface area (Å²) in [5, 5.41) is 8.94. The number of nitrogens with one attached hydrogen (secondary N) is 1. The van der Waals surface area contributed by atoms with Gasteiger partial charge in [-0.05, 0) is 39.8 Å². The molecule has 1 aliphatic carbocycles. The molecule has 1 aromatic heterocycles. The molecule has 1 N–H and O–H groups in total. The highest BCUT2D eigenvalue weighted by atomic mass is 32.2. The molecule has 1 atom stereocenters. The molecule has 3 nitrogen and oxygen atoms in total. The monoisotopic (exact) mass is 295 g/mol. The van der Waals surface area contributed by atoms with Crippen LogP contribution in [0.5, 0.6) is 0 Å². The van der Waals surface area contributed by atoms with Gasteiger partial charge >= 0.3 is 0 Å². The molecular weight excluding hydrogens is 266 g/mol. The van der Waals surface area contributed by atoms with Gasteiger partial charge in [0.15, 0.2) is 0 Å². The van der Waals surface area contributed by atoms with Crippen molar-refractivity contribution in [2.45, 2.75) is 70.2 Å². The third kappa shape index (κ3) is 4.52. The molecule has 20 heavy (non-hydrogen) atoms. The van der Waals surface area contributed by atoms with Crippen LogP contribution in [0.4, 0.5) is 0 Å². The molecule has 0 radical (unpaired) electrons. The van der Waals surface area contributed by atoms with E-state index in [1.165, 1.54) is 43.6 Å². The van der Waals surface area contributed by atoms with Crippen molar-refractivity contribution >= 4 is 11.8 Å². The smallest absolute Gasteiger partial charge is 0.0596 e. The van der Waals surface area contributed by atoms with E-state index in [2.05, 4.69) is 53.8 Å².